The summed E-state index contributed by atoms with van der Waals surface area (Å²) < 4.78 is 0. The lowest BCUT2D eigenvalue weighted by Gasteiger charge is -2.39. The number of hydrogen-bond donors (Lipinski definition) is 1. The van der Waals surface area contributed by atoms with Crippen LogP contribution in [-0.4, -0.2) is 28.1 Å². The summed E-state index contributed by atoms with van der Waals surface area (Å²) in [5.41, 5.74) is 3.52. The molecule has 0 aromatic heterocycles. The van der Waals surface area contributed by atoms with Crippen molar-refractivity contribution in [2.24, 2.45) is 5.92 Å². The maximum atomic E-state index is 11.8. The summed E-state index contributed by atoms with van der Waals surface area (Å²) in [6.45, 7) is 4.03. The van der Waals surface area contributed by atoms with Gasteiger partial charge in [0.2, 0.25) is 0 Å². The first-order chi connectivity index (χ1) is 15.2. The van der Waals surface area contributed by atoms with E-state index in [4.69, 9.17) is 0 Å². The number of carbonyl (C=O) groups is 1. The molecule has 0 amide bonds. The van der Waals surface area contributed by atoms with Gasteiger partial charge >= 0.3 is 5.97 Å². The van der Waals surface area contributed by atoms with Crippen LogP contribution in [0.3, 0.4) is 0 Å². The highest BCUT2D eigenvalue weighted by atomic mass is 16.4. The summed E-state index contributed by atoms with van der Waals surface area (Å²) >= 11 is 0. The van der Waals surface area contributed by atoms with Crippen molar-refractivity contribution < 1.29 is 9.90 Å². The molecular weight excluding hydrogens is 382 g/mol. The number of carboxylic acid groups (broad SMARTS) is 1. The predicted molar refractivity (Wildman–Crippen MR) is 123 cm³/mol. The zero-order valence-corrected chi connectivity index (χ0v) is 17.3. The Balaban J connectivity index is 1.75. The van der Waals surface area contributed by atoms with Crippen LogP contribution >= 0.6 is 0 Å². The molecular formula is C28H25NO2. The van der Waals surface area contributed by atoms with Crippen molar-refractivity contribution >= 4 is 5.97 Å². The van der Waals surface area contributed by atoms with E-state index in [1.807, 2.05) is 30.4 Å². The number of hydrogen-bond acceptors (Lipinski definition) is 2. The third-order valence-electron chi connectivity index (χ3n) is 6.71. The Kier molecular flexibility index (Phi) is 4.84. The van der Waals surface area contributed by atoms with Gasteiger partial charge in [0, 0.05) is 23.6 Å². The second-order valence-corrected chi connectivity index (χ2v) is 8.29. The highest BCUT2D eigenvalue weighted by Gasteiger charge is 2.63. The topological polar surface area (TPSA) is 40.3 Å². The van der Waals surface area contributed by atoms with Crippen LogP contribution in [0.5, 0.6) is 0 Å². The van der Waals surface area contributed by atoms with E-state index < -0.39 is 11.5 Å². The number of rotatable bonds is 6. The van der Waals surface area contributed by atoms with Gasteiger partial charge < -0.3 is 5.11 Å². The molecule has 0 bridgehead atoms. The fraction of sp³-hybridized carbons (Fsp3) is 0.179. The van der Waals surface area contributed by atoms with Crippen molar-refractivity contribution in [2.45, 2.75) is 24.0 Å². The number of benzene rings is 3. The molecule has 1 heterocycles. The number of aliphatic carboxylic acids is 1. The second-order valence-electron chi connectivity index (χ2n) is 8.29. The molecule has 1 aliphatic heterocycles. The highest BCUT2D eigenvalue weighted by Crippen LogP contribution is 2.56. The molecule has 1 unspecified atom stereocenters. The fourth-order valence-corrected chi connectivity index (χ4v) is 5.41. The number of fused-ring (bicyclic) bond motifs is 1. The second kappa shape index (κ2) is 7.68. The molecule has 0 radical (unpaired) electrons. The molecule has 3 heteroatoms. The molecule has 2 aliphatic rings. The highest BCUT2D eigenvalue weighted by molar-refractivity contribution is 5.87. The van der Waals surface area contributed by atoms with Crippen molar-refractivity contribution in [2.75, 3.05) is 0 Å². The van der Waals surface area contributed by atoms with Gasteiger partial charge in [0.15, 0.2) is 0 Å². The van der Waals surface area contributed by atoms with Crippen LogP contribution < -0.4 is 0 Å². The molecule has 1 N–H and O–H groups in total. The standard InChI is InChI=1S/C28H25NO2/c1-2-20-18-21(27(30)31)19-25-26(20)29(25)28(22-12-6-3-7-13-22,23-14-8-4-9-15-23)24-16-10-5-11-17-24/h2-18,20,25-26H,1,19H2,(H,30,31)/t20-,25-,26+,29?/m0/s1. The van der Waals surface area contributed by atoms with E-state index in [1.165, 1.54) is 16.7 Å². The SMILES string of the molecule is C=C[C@H]1C=C(C(=O)O)C[C@H]2[C@@H]1N2C(c1ccccc1)(c1ccccc1)c1ccccc1. The molecule has 154 valence electrons. The quantitative estimate of drug-likeness (QED) is 0.345. The van der Waals surface area contributed by atoms with Crippen LogP contribution in [0.2, 0.25) is 0 Å². The Labute approximate surface area is 183 Å². The molecule has 1 fully saturated rings. The van der Waals surface area contributed by atoms with Crippen LogP contribution in [0.1, 0.15) is 23.1 Å². The van der Waals surface area contributed by atoms with Gasteiger partial charge in [0.1, 0.15) is 0 Å². The summed E-state index contributed by atoms with van der Waals surface area (Å²) in [6, 6.07) is 32.0. The Hall–Kier alpha value is -3.43. The predicted octanol–water partition coefficient (Wildman–Crippen LogP) is 5.25. The molecule has 3 aromatic rings. The molecule has 0 spiro atoms. The lowest BCUT2D eigenvalue weighted by molar-refractivity contribution is -0.132. The maximum absolute atomic E-state index is 11.8. The summed E-state index contributed by atoms with van der Waals surface area (Å²) in [5.74, 6) is -0.831. The first-order valence-electron chi connectivity index (χ1n) is 10.7. The monoisotopic (exact) mass is 407 g/mol. The molecule has 3 nitrogen and oxygen atoms in total. The van der Waals surface area contributed by atoms with Crippen molar-refractivity contribution in [1.82, 2.24) is 4.90 Å². The maximum Gasteiger partial charge on any atom is 0.331 e. The van der Waals surface area contributed by atoms with Crippen molar-refractivity contribution in [3.8, 4) is 0 Å². The Morgan fingerprint density at radius 3 is 1.71 bits per heavy atom. The van der Waals surface area contributed by atoms with Crippen LogP contribution in [-0.2, 0) is 10.3 Å². The average molecular weight is 408 g/mol. The molecule has 5 rings (SSSR count). The summed E-state index contributed by atoms with van der Waals surface area (Å²) in [6.07, 6.45) is 4.33. The van der Waals surface area contributed by atoms with Crippen LogP contribution in [0.25, 0.3) is 0 Å². The van der Waals surface area contributed by atoms with E-state index in [0.717, 1.165) is 0 Å². The molecule has 1 saturated heterocycles. The molecule has 31 heavy (non-hydrogen) atoms. The first kappa shape index (κ1) is 19.5. The van der Waals surface area contributed by atoms with Crippen molar-refractivity contribution in [3.05, 3.63) is 132 Å². The lowest BCUT2D eigenvalue weighted by Crippen LogP contribution is -2.40. The normalized spacial score (nSPS) is 24.6. The van der Waals surface area contributed by atoms with E-state index in [9.17, 15) is 9.90 Å². The Morgan fingerprint density at radius 1 is 0.871 bits per heavy atom. The smallest absolute Gasteiger partial charge is 0.331 e. The fourth-order valence-electron chi connectivity index (χ4n) is 5.41. The summed E-state index contributed by atoms with van der Waals surface area (Å²) in [4.78, 5) is 14.3. The van der Waals surface area contributed by atoms with E-state index in [1.54, 1.807) is 0 Å². The van der Waals surface area contributed by atoms with Crippen LogP contribution in [0.15, 0.2) is 115 Å². The minimum atomic E-state index is -0.832. The average Bonchev–Trinajstić information content (AvgIpc) is 3.56. The van der Waals surface area contributed by atoms with Crippen LogP contribution in [0.4, 0.5) is 0 Å². The summed E-state index contributed by atoms with van der Waals surface area (Å²) in [7, 11) is 0. The van der Waals surface area contributed by atoms with Crippen molar-refractivity contribution in [3.63, 3.8) is 0 Å². The molecule has 3 aromatic carbocycles. The largest absolute Gasteiger partial charge is 0.478 e. The van der Waals surface area contributed by atoms with Gasteiger partial charge in [-0.1, -0.05) is 103 Å². The molecule has 0 saturated carbocycles. The first-order valence-corrected chi connectivity index (χ1v) is 10.7. The van der Waals surface area contributed by atoms with Gasteiger partial charge in [-0.2, -0.15) is 0 Å². The minimum absolute atomic E-state index is 0.000335. The third-order valence-corrected chi connectivity index (χ3v) is 6.71. The molecule has 4 atom stereocenters. The van der Waals surface area contributed by atoms with Gasteiger partial charge in [-0.25, -0.2) is 4.79 Å². The van der Waals surface area contributed by atoms with E-state index >= 15 is 0 Å². The van der Waals surface area contributed by atoms with Crippen molar-refractivity contribution in [1.29, 1.82) is 0 Å². The molecule has 1 aliphatic carbocycles. The van der Waals surface area contributed by atoms with E-state index in [0.29, 0.717) is 12.0 Å². The zero-order valence-electron chi connectivity index (χ0n) is 17.3. The van der Waals surface area contributed by atoms with E-state index in [2.05, 4.69) is 84.3 Å². The van der Waals surface area contributed by atoms with Gasteiger partial charge in [-0.3, -0.25) is 4.90 Å². The van der Waals surface area contributed by atoms with Gasteiger partial charge in [0.05, 0.1) is 5.54 Å². The third kappa shape index (κ3) is 3.05. The zero-order chi connectivity index (χ0) is 21.4. The van der Waals surface area contributed by atoms with Gasteiger partial charge in [-0.05, 0) is 23.1 Å². The summed E-state index contributed by atoms with van der Waals surface area (Å²) in [5, 5.41) is 9.71. The van der Waals surface area contributed by atoms with Gasteiger partial charge in [0.25, 0.3) is 0 Å². The van der Waals surface area contributed by atoms with Crippen LogP contribution in [0, 0.1) is 5.92 Å². The van der Waals surface area contributed by atoms with E-state index in [-0.39, 0.29) is 18.0 Å². The Morgan fingerprint density at radius 2 is 1.32 bits per heavy atom. The minimum Gasteiger partial charge on any atom is -0.478 e. The number of carboxylic acids is 1. The lowest BCUT2D eigenvalue weighted by atomic mass is 9.76. The Bertz CT molecular complexity index is 1020. The van der Waals surface area contributed by atoms with Gasteiger partial charge in [-0.15, -0.1) is 6.58 Å². The number of nitrogens with zero attached hydrogens (tertiary/aromatic N) is 1.